The molecule has 1 saturated heterocycles. The van der Waals surface area contributed by atoms with Gasteiger partial charge in [-0.1, -0.05) is 24.3 Å². The Hall–Kier alpha value is -4.45. The Morgan fingerprint density at radius 3 is 2.22 bits per heavy atom. The monoisotopic (exact) mass is 687 g/mol. The number of nitrogens with one attached hydrogen (secondary N) is 2. The summed E-state index contributed by atoms with van der Waals surface area (Å²) in [5.74, 6) is 0.685. The number of amides is 3. The minimum atomic E-state index is -0.317. The number of hydrogen-bond acceptors (Lipinski definition) is 8. The summed E-state index contributed by atoms with van der Waals surface area (Å²) in [7, 11) is 5.81. The molecule has 11 heteroatoms. The van der Waals surface area contributed by atoms with Gasteiger partial charge in [-0.05, 0) is 114 Å². The lowest BCUT2D eigenvalue weighted by Crippen LogP contribution is -2.44. The number of benzene rings is 3. The summed E-state index contributed by atoms with van der Waals surface area (Å²) >= 11 is 0. The van der Waals surface area contributed by atoms with E-state index >= 15 is 0 Å². The summed E-state index contributed by atoms with van der Waals surface area (Å²) in [6, 6.07) is 20.1. The standard InChI is InChI=1S/C39H53N5O6/c1-43(2)31-19-23-44(24-20-31)37(45)16-5-4-10-25-50-36-15-9-7-13-34(36)42-38(46)30-17-18-33(29(28-30)21-27-48-3)41-39(47)32-12-6-8-14-35(32)49-26-11-22-40/h6-9,12-15,17-18,28,31H,4-5,10-11,16,19-27,40H2,1-3H3,(H,41,47)(H,42,46). The second-order valence-corrected chi connectivity index (χ2v) is 12.7. The number of methoxy groups -OCH3 is 1. The van der Waals surface area contributed by atoms with Gasteiger partial charge in [0, 0.05) is 43.9 Å². The number of likely N-dealkylation sites (tertiary alicyclic amines) is 1. The Balaban J connectivity index is 1.30. The number of carbonyl (C=O) groups excluding carboxylic acids is 3. The van der Waals surface area contributed by atoms with E-state index in [9.17, 15) is 14.4 Å². The Bertz CT molecular complexity index is 1540. The third kappa shape index (κ3) is 11.6. The molecule has 1 aliphatic heterocycles. The van der Waals surface area contributed by atoms with Crippen LogP contribution in [0.2, 0.25) is 0 Å². The predicted octanol–water partition coefficient (Wildman–Crippen LogP) is 5.60. The number of ether oxygens (including phenoxy) is 3. The molecule has 0 bridgehead atoms. The Labute approximate surface area is 296 Å². The maximum Gasteiger partial charge on any atom is 0.259 e. The lowest BCUT2D eigenvalue weighted by atomic mass is 10.0. The van der Waals surface area contributed by atoms with Gasteiger partial charge in [0.2, 0.25) is 5.91 Å². The normalized spacial score (nSPS) is 13.3. The Kier molecular flexibility index (Phi) is 15.6. The summed E-state index contributed by atoms with van der Waals surface area (Å²) in [5.41, 5.74) is 8.34. The van der Waals surface area contributed by atoms with Crippen molar-refractivity contribution in [3.05, 3.63) is 83.4 Å². The molecule has 1 aliphatic rings. The van der Waals surface area contributed by atoms with Gasteiger partial charge in [-0.2, -0.15) is 0 Å². The Morgan fingerprint density at radius 1 is 0.800 bits per heavy atom. The smallest absolute Gasteiger partial charge is 0.259 e. The zero-order valence-electron chi connectivity index (χ0n) is 29.7. The molecule has 3 aromatic rings. The van der Waals surface area contributed by atoms with E-state index in [1.165, 1.54) is 0 Å². The van der Waals surface area contributed by atoms with Gasteiger partial charge >= 0.3 is 0 Å². The van der Waals surface area contributed by atoms with Gasteiger partial charge in [0.1, 0.15) is 11.5 Å². The van der Waals surface area contributed by atoms with Crippen molar-refractivity contribution in [1.29, 1.82) is 0 Å². The van der Waals surface area contributed by atoms with E-state index in [0.717, 1.165) is 50.8 Å². The van der Waals surface area contributed by atoms with Crippen molar-refractivity contribution < 1.29 is 28.6 Å². The van der Waals surface area contributed by atoms with Gasteiger partial charge in [0.05, 0.1) is 31.1 Å². The highest BCUT2D eigenvalue weighted by Gasteiger charge is 2.23. The maximum atomic E-state index is 13.4. The van der Waals surface area contributed by atoms with Crippen LogP contribution in [0.1, 0.15) is 71.2 Å². The molecular formula is C39H53N5O6. The number of nitrogens with zero attached hydrogens (tertiary/aromatic N) is 2. The van der Waals surface area contributed by atoms with Crippen molar-refractivity contribution in [3.8, 4) is 11.5 Å². The first-order valence-corrected chi connectivity index (χ1v) is 17.6. The molecule has 11 nitrogen and oxygen atoms in total. The van der Waals surface area contributed by atoms with Crippen molar-refractivity contribution in [3.63, 3.8) is 0 Å². The van der Waals surface area contributed by atoms with Crippen LogP contribution in [0.25, 0.3) is 0 Å². The number of nitrogens with two attached hydrogens (primary N) is 1. The number of rotatable bonds is 19. The fourth-order valence-electron chi connectivity index (χ4n) is 5.93. The number of hydrogen-bond donors (Lipinski definition) is 3. The van der Waals surface area contributed by atoms with Crippen LogP contribution in [-0.2, 0) is 16.0 Å². The third-order valence-electron chi connectivity index (χ3n) is 8.90. The quantitative estimate of drug-likeness (QED) is 0.139. The van der Waals surface area contributed by atoms with E-state index in [-0.39, 0.29) is 17.7 Å². The molecule has 0 atom stereocenters. The van der Waals surface area contributed by atoms with Gasteiger partial charge in [-0.3, -0.25) is 14.4 Å². The molecule has 0 saturated carbocycles. The summed E-state index contributed by atoms with van der Waals surface area (Å²) < 4.78 is 17.2. The number of anilines is 2. The minimum Gasteiger partial charge on any atom is -0.493 e. The van der Waals surface area contributed by atoms with Crippen LogP contribution in [0.3, 0.4) is 0 Å². The SMILES string of the molecule is COCCc1cc(C(=O)Nc2ccccc2OCCCCCC(=O)N2CCC(N(C)C)CC2)ccc1NC(=O)c1ccccc1OCCCN. The zero-order chi connectivity index (χ0) is 35.7. The first-order chi connectivity index (χ1) is 24.3. The summed E-state index contributed by atoms with van der Waals surface area (Å²) in [4.78, 5) is 43.6. The molecular weight excluding hydrogens is 634 g/mol. The van der Waals surface area contributed by atoms with E-state index in [2.05, 4.69) is 29.6 Å². The molecule has 50 heavy (non-hydrogen) atoms. The molecule has 0 radical (unpaired) electrons. The van der Waals surface area contributed by atoms with Gasteiger partial charge in [-0.15, -0.1) is 0 Å². The van der Waals surface area contributed by atoms with Gasteiger partial charge in [-0.25, -0.2) is 0 Å². The topological polar surface area (TPSA) is 135 Å². The van der Waals surface area contributed by atoms with E-state index in [1.54, 1.807) is 49.6 Å². The van der Waals surface area contributed by atoms with Gasteiger partial charge in [0.25, 0.3) is 11.8 Å². The molecule has 1 fully saturated rings. The van der Waals surface area contributed by atoms with Crippen molar-refractivity contribution in [1.82, 2.24) is 9.80 Å². The van der Waals surface area contributed by atoms with Crippen LogP contribution in [0.4, 0.5) is 11.4 Å². The summed E-state index contributed by atoms with van der Waals surface area (Å²) in [6.45, 7) is 3.47. The molecule has 1 heterocycles. The van der Waals surface area contributed by atoms with Crippen LogP contribution >= 0.6 is 0 Å². The number of carbonyl (C=O) groups is 3. The van der Waals surface area contributed by atoms with Crippen molar-refractivity contribution >= 4 is 29.1 Å². The van der Waals surface area contributed by atoms with Crippen molar-refractivity contribution in [2.24, 2.45) is 5.73 Å². The average Bonchev–Trinajstić information content (AvgIpc) is 3.13. The van der Waals surface area contributed by atoms with Crippen LogP contribution in [0.15, 0.2) is 66.7 Å². The molecule has 3 amide bonds. The van der Waals surface area contributed by atoms with Crippen LogP contribution in [0, 0.1) is 0 Å². The van der Waals surface area contributed by atoms with Gasteiger partial charge in [0.15, 0.2) is 0 Å². The van der Waals surface area contributed by atoms with E-state index in [0.29, 0.717) is 85.7 Å². The van der Waals surface area contributed by atoms with Crippen molar-refractivity contribution in [2.45, 2.75) is 57.4 Å². The van der Waals surface area contributed by atoms with E-state index in [1.807, 2.05) is 29.2 Å². The molecule has 0 unspecified atom stereocenters. The highest BCUT2D eigenvalue weighted by Crippen LogP contribution is 2.27. The lowest BCUT2D eigenvalue weighted by molar-refractivity contribution is -0.132. The first kappa shape index (κ1) is 38.4. The third-order valence-corrected chi connectivity index (χ3v) is 8.90. The van der Waals surface area contributed by atoms with Crippen molar-refractivity contribution in [2.75, 3.05) is 71.3 Å². The number of unbranched alkanes of at least 4 members (excludes halogenated alkanes) is 2. The van der Waals surface area contributed by atoms with Crippen LogP contribution in [-0.4, -0.2) is 94.2 Å². The predicted molar refractivity (Wildman–Crippen MR) is 197 cm³/mol. The van der Waals surface area contributed by atoms with Crippen LogP contribution in [0.5, 0.6) is 11.5 Å². The molecule has 0 spiro atoms. The van der Waals surface area contributed by atoms with Gasteiger partial charge < -0.3 is 40.4 Å². The molecule has 270 valence electrons. The highest BCUT2D eigenvalue weighted by molar-refractivity contribution is 6.08. The fourth-order valence-corrected chi connectivity index (χ4v) is 5.93. The number of piperidine rings is 1. The van der Waals surface area contributed by atoms with Crippen LogP contribution < -0.4 is 25.8 Å². The average molecular weight is 688 g/mol. The largest absolute Gasteiger partial charge is 0.493 e. The molecule has 0 aromatic heterocycles. The molecule has 4 rings (SSSR count). The first-order valence-electron chi connectivity index (χ1n) is 17.6. The minimum absolute atomic E-state index is 0.242. The molecule has 4 N–H and O–H groups in total. The summed E-state index contributed by atoms with van der Waals surface area (Å²) in [5, 5.41) is 5.96. The summed E-state index contributed by atoms with van der Waals surface area (Å²) in [6.07, 6.45) is 6.30. The Morgan fingerprint density at radius 2 is 1.48 bits per heavy atom. The fraction of sp³-hybridized carbons (Fsp3) is 0.462. The maximum absolute atomic E-state index is 13.4. The lowest BCUT2D eigenvalue weighted by Gasteiger charge is -2.35. The van der Waals surface area contributed by atoms with E-state index in [4.69, 9.17) is 19.9 Å². The zero-order valence-corrected chi connectivity index (χ0v) is 29.7. The van der Waals surface area contributed by atoms with E-state index < -0.39 is 0 Å². The highest BCUT2D eigenvalue weighted by atomic mass is 16.5. The molecule has 3 aromatic carbocycles. The second kappa shape index (κ2) is 20.3. The molecule has 0 aliphatic carbocycles. The second-order valence-electron chi connectivity index (χ2n) is 12.7. The number of para-hydroxylation sites is 3.